The van der Waals surface area contributed by atoms with Gasteiger partial charge in [-0.25, -0.2) is 0 Å². The Hall–Kier alpha value is -2.15. The number of rotatable bonds is 5. The van der Waals surface area contributed by atoms with E-state index in [1.807, 2.05) is 12.2 Å². The number of carboxylic acid groups (broad SMARTS) is 1. The van der Waals surface area contributed by atoms with E-state index in [1.54, 1.807) is 0 Å². The van der Waals surface area contributed by atoms with Crippen LogP contribution in [0.2, 0.25) is 0 Å². The van der Waals surface area contributed by atoms with E-state index < -0.39 is 17.8 Å². The number of thiophene rings is 1. The lowest BCUT2D eigenvalue weighted by molar-refractivity contribution is -0.151. The Kier molecular flexibility index (Phi) is 5.63. The number of aryl methyl sites for hydroxylation is 1. The second-order valence-corrected chi connectivity index (χ2v) is 10.6. The van der Waals surface area contributed by atoms with Crippen LogP contribution in [0.15, 0.2) is 12.2 Å². The standard InChI is InChI=1S/C24H30N2O4S/c27-21(18-13-9-11-14(12-10-13)19(18)24(29)30)26-23-20(16-7-4-8-17(16)31-23)22(28)25-15-5-2-1-3-6-15/h9,11,13-15,18-19H,1-8,10,12H2,(H,25,28)(H,26,27)(H,29,30). The first-order valence-electron chi connectivity index (χ1n) is 11.7. The van der Waals surface area contributed by atoms with Gasteiger partial charge >= 0.3 is 5.97 Å². The van der Waals surface area contributed by atoms with Crippen LogP contribution in [0.1, 0.15) is 72.2 Å². The molecule has 2 saturated carbocycles. The highest BCUT2D eigenvalue weighted by molar-refractivity contribution is 7.17. The lowest BCUT2D eigenvalue weighted by Gasteiger charge is -2.41. The van der Waals surface area contributed by atoms with Crippen LogP contribution in [0.4, 0.5) is 5.00 Å². The van der Waals surface area contributed by atoms with Crippen molar-refractivity contribution in [2.24, 2.45) is 23.7 Å². The van der Waals surface area contributed by atoms with Gasteiger partial charge in [0.05, 0.1) is 17.4 Å². The monoisotopic (exact) mass is 442 g/mol. The number of hydrogen-bond donors (Lipinski definition) is 3. The zero-order valence-electron chi connectivity index (χ0n) is 17.7. The molecular formula is C24H30N2O4S. The number of carboxylic acids is 1. The van der Waals surface area contributed by atoms with Gasteiger partial charge in [-0.3, -0.25) is 14.4 Å². The highest BCUT2D eigenvalue weighted by Crippen LogP contribution is 2.46. The van der Waals surface area contributed by atoms with Gasteiger partial charge in [-0.05, 0) is 62.3 Å². The topological polar surface area (TPSA) is 95.5 Å². The second-order valence-electron chi connectivity index (χ2n) is 9.54. The summed E-state index contributed by atoms with van der Waals surface area (Å²) >= 11 is 1.50. The minimum absolute atomic E-state index is 0.0441. The predicted octanol–water partition coefficient (Wildman–Crippen LogP) is 4.15. The lowest BCUT2D eigenvalue weighted by atomic mass is 9.62. The minimum Gasteiger partial charge on any atom is -0.481 e. The molecule has 6 rings (SSSR count). The molecule has 0 radical (unpaired) electrons. The number of hydrogen-bond acceptors (Lipinski definition) is 4. The van der Waals surface area contributed by atoms with Crippen molar-refractivity contribution in [3.8, 4) is 0 Å². The number of fused-ring (bicyclic) bond motifs is 3. The quantitative estimate of drug-likeness (QED) is 0.597. The molecule has 0 aromatic carbocycles. The van der Waals surface area contributed by atoms with Crippen LogP contribution < -0.4 is 10.6 Å². The van der Waals surface area contributed by atoms with E-state index >= 15 is 0 Å². The Labute approximate surface area is 186 Å². The molecule has 1 aromatic rings. The van der Waals surface area contributed by atoms with E-state index in [9.17, 15) is 19.5 Å². The number of amides is 2. The fraction of sp³-hybridized carbons (Fsp3) is 0.625. The van der Waals surface area contributed by atoms with Crippen LogP contribution in [0, 0.1) is 23.7 Å². The first-order chi connectivity index (χ1) is 15.0. The van der Waals surface area contributed by atoms with E-state index in [1.165, 1.54) is 22.6 Å². The smallest absolute Gasteiger partial charge is 0.307 e. The molecule has 166 valence electrons. The molecule has 3 N–H and O–H groups in total. The first kappa shape index (κ1) is 20.7. The molecule has 7 heteroatoms. The van der Waals surface area contributed by atoms with E-state index in [0.717, 1.165) is 63.4 Å². The van der Waals surface area contributed by atoms with Gasteiger partial charge in [0.1, 0.15) is 5.00 Å². The van der Waals surface area contributed by atoms with Crippen molar-refractivity contribution in [2.75, 3.05) is 5.32 Å². The molecule has 0 aliphatic heterocycles. The molecule has 4 atom stereocenters. The molecule has 2 bridgehead atoms. The van der Waals surface area contributed by atoms with E-state index in [-0.39, 0.29) is 29.7 Å². The van der Waals surface area contributed by atoms with E-state index in [0.29, 0.717) is 10.6 Å². The summed E-state index contributed by atoms with van der Waals surface area (Å²) in [6.07, 6.45) is 14.0. The number of carbonyl (C=O) groups excluding carboxylic acids is 2. The number of carbonyl (C=O) groups is 3. The molecule has 6 nitrogen and oxygen atoms in total. The largest absolute Gasteiger partial charge is 0.481 e. The summed E-state index contributed by atoms with van der Waals surface area (Å²) in [5, 5.41) is 16.6. The molecule has 5 aliphatic carbocycles. The summed E-state index contributed by atoms with van der Waals surface area (Å²) in [5.74, 6) is -2.62. The van der Waals surface area contributed by atoms with Gasteiger partial charge in [0, 0.05) is 10.9 Å². The minimum atomic E-state index is -0.900. The van der Waals surface area contributed by atoms with Crippen molar-refractivity contribution >= 4 is 34.1 Å². The Morgan fingerprint density at radius 2 is 1.61 bits per heavy atom. The maximum Gasteiger partial charge on any atom is 0.307 e. The van der Waals surface area contributed by atoms with Gasteiger partial charge in [0.25, 0.3) is 5.91 Å². The van der Waals surface area contributed by atoms with Crippen LogP contribution >= 0.6 is 11.3 Å². The van der Waals surface area contributed by atoms with Gasteiger partial charge in [-0.2, -0.15) is 0 Å². The zero-order chi connectivity index (χ0) is 21.5. The van der Waals surface area contributed by atoms with Gasteiger partial charge in [0.2, 0.25) is 5.91 Å². The SMILES string of the molecule is O=C(NC1CCCCC1)c1c(NC(=O)C2C3C=CC(CC3)C2C(=O)O)sc2c1CCC2. The Morgan fingerprint density at radius 1 is 0.903 bits per heavy atom. The van der Waals surface area contributed by atoms with Crippen LogP contribution in [0.3, 0.4) is 0 Å². The highest BCUT2D eigenvalue weighted by Gasteiger charge is 2.48. The molecule has 2 amide bonds. The van der Waals surface area contributed by atoms with Crippen molar-refractivity contribution in [1.82, 2.24) is 5.32 Å². The van der Waals surface area contributed by atoms with Crippen molar-refractivity contribution in [2.45, 2.75) is 70.3 Å². The molecule has 1 aromatic heterocycles. The first-order valence-corrected chi connectivity index (χ1v) is 12.5. The third-order valence-corrected chi connectivity index (χ3v) is 8.87. The maximum absolute atomic E-state index is 13.3. The Balaban J connectivity index is 1.39. The van der Waals surface area contributed by atoms with Gasteiger partial charge in [0.15, 0.2) is 0 Å². The van der Waals surface area contributed by atoms with Crippen molar-refractivity contribution in [3.05, 3.63) is 28.2 Å². The van der Waals surface area contributed by atoms with Crippen molar-refractivity contribution in [3.63, 3.8) is 0 Å². The summed E-state index contributed by atoms with van der Waals surface area (Å²) in [5.41, 5.74) is 1.70. The maximum atomic E-state index is 13.3. The Bertz CT molecular complexity index is 930. The van der Waals surface area contributed by atoms with Crippen LogP contribution in [-0.2, 0) is 22.4 Å². The molecule has 31 heavy (non-hydrogen) atoms. The highest BCUT2D eigenvalue weighted by atomic mass is 32.1. The molecular weight excluding hydrogens is 412 g/mol. The molecule has 2 fully saturated rings. The average molecular weight is 443 g/mol. The van der Waals surface area contributed by atoms with Crippen molar-refractivity contribution < 1.29 is 19.5 Å². The molecule has 4 unspecified atom stereocenters. The summed E-state index contributed by atoms with van der Waals surface area (Å²) in [7, 11) is 0. The summed E-state index contributed by atoms with van der Waals surface area (Å²) in [6.45, 7) is 0. The second kappa shape index (κ2) is 8.41. The molecule has 1 heterocycles. The van der Waals surface area contributed by atoms with Crippen LogP contribution in [0.25, 0.3) is 0 Å². The van der Waals surface area contributed by atoms with Crippen LogP contribution in [0.5, 0.6) is 0 Å². The fourth-order valence-electron chi connectivity index (χ4n) is 6.12. The van der Waals surface area contributed by atoms with Gasteiger partial charge in [-0.1, -0.05) is 31.4 Å². The van der Waals surface area contributed by atoms with Crippen molar-refractivity contribution in [1.29, 1.82) is 0 Å². The van der Waals surface area contributed by atoms with E-state index in [4.69, 9.17) is 0 Å². The molecule has 5 aliphatic rings. The van der Waals surface area contributed by atoms with Gasteiger partial charge < -0.3 is 15.7 Å². The summed E-state index contributed by atoms with van der Waals surface area (Å²) < 4.78 is 0. The number of anilines is 1. The lowest BCUT2D eigenvalue weighted by Crippen LogP contribution is -2.47. The molecule has 0 saturated heterocycles. The average Bonchev–Trinajstić information content (AvgIpc) is 3.35. The predicted molar refractivity (Wildman–Crippen MR) is 119 cm³/mol. The number of nitrogens with one attached hydrogen (secondary N) is 2. The summed E-state index contributed by atoms with van der Waals surface area (Å²) in [4.78, 5) is 39.7. The molecule has 0 spiro atoms. The normalized spacial score (nSPS) is 29.5. The third-order valence-electron chi connectivity index (χ3n) is 7.66. The fourth-order valence-corrected chi connectivity index (χ4v) is 7.41. The number of allylic oxidation sites excluding steroid dienone is 2. The third kappa shape index (κ3) is 3.81. The summed E-state index contributed by atoms with van der Waals surface area (Å²) in [6, 6.07) is 0.206. The Morgan fingerprint density at radius 3 is 2.29 bits per heavy atom. The van der Waals surface area contributed by atoms with E-state index in [2.05, 4.69) is 10.6 Å². The van der Waals surface area contributed by atoms with Gasteiger partial charge in [-0.15, -0.1) is 11.3 Å². The zero-order valence-corrected chi connectivity index (χ0v) is 18.5. The number of aliphatic carboxylic acids is 1. The van der Waals surface area contributed by atoms with Crippen LogP contribution in [-0.4, -0.2) is 28.9 Å².